The Balaban J connectivity index is 2.22. The van der Waals surface area contributed by atoms with Gasteiger partial charge in [-0.1, -0.05) is 35.0 Å². The summed E-state index contributed by atoms with van der Waals surface area (Å²) in [4.78, 5) is 4.89. The number of rotatable bonds is 3. The van der Waals surface area contributed by atoms with Gasteiger partial charge < -0.3 is 4.84 Å². The molecule has 0 atom stereocenters. The minimum Gasteiger partial charge on any atom is -0.399 e. The van der Waals surface area contributed by atoms with Gasteiger partial charge in [0.15, 0.2) is 0 Å². The van der Waals surface area contributed by atoms with Gasteiger partial charge in [-0.05, 0) is 72.4 Å². The summed E-state index contributed by atoms with van der Waals surface area (Å²) < 4.78 is 0. The highest BCUT2D eigenvalue weighted by Crippen LogP contribution is 2.39. The van der Waals surface area contributed by atoms with E-state index in [9.17, 15) is 0 Å². The number of hydrogen-bond acceptors (Lipinski definition) is 2. The van der Waals surface area contributed by atoms with Crippen molar-refractivity contribution in [3.63, 3.8) is 0 Å². The largest absolute Gasteiger partial charge is 0.399 e. The van der Waals surface area contributed by atoms with Gasteiger partial charge in [-0.2, -0.15) is 0 Å². The maximum atomic E-state index is 4.89. The third-order valence-corrected chi connectivity index (χ3v) is 4.64. The maximum Gasteiger partial charge on any atom is 0.106 e. The molecule has 0 bridgehead atoms. The van der Waals surface area contributed by atoms with Crippen LogP contribution in [0, 0.1) is 0 Å². The summed E-state index contributed by atoms with van der Waals surface area (Å²) in [5.41, 5.74) is 8.02. The first-order valence-corrected chi connectivity index (χ1v) is 7.58. The van der Waals surface area contributed by atoms with Crippen LogP contribution in [0.15, 0.2) is 58.3 Å². The third-order valence-electron chi connectivity index (χ3n) is 4.64. The van der Waals surface area contributed by atoms with Gasteiger partial charge in [0, 0.05) is 5.56 Å². The van der Waals surface area contributed by atoms with E-state index in [4.69, 9.17) is 4.84 Å². The lowest BCUT2D eigenvalue weighted by atomic mass is 9.93. The van der Waals surface area contributed by atoms with Gasteiger partial charge >= 0.3 is 0 Å². The average molecular weight is 291 g/mol. The molecule has 0 amide bonds. The molecule has 0 spiro atoms. The van der Waals surface area contributed by atoms with Crippen LogP contribution in [0.2, 0.25) is 0 Å². The van der Waals surface area contributed by atoms with Crippen molar-refractivity contribution in [1.82, 2.24) is 0 Å². The van der Waals surface area contributed by atoms with Crippen LogP contribution in [0.3, 0.4) is 0 Å². The monoisotopic (exact) mass is 291 g/mol. The molecule has 2 nitrogen and oxygen atoms in total. The SMILES string of the molecule is CON=Cc1cc2ccccc2cc1C1=C(C)C(C)=C(C)C1. The summed E-state index contributed by atoms with van der Waals surface area (Å²) in [6.45, 7) is 6.64. The van der Waals surface area contributed by atoms with E-state index in [0.717, 1.165) is 12.0 Å². The number of nitrogens with zero attached hydrogens (tertiary/aromatic N) is 1. The van der Waals surface area contributed by atoms with Gasteiger partial charge in [0.1, 0.15) is 7.11 Å². The van der Waals surface area contributed by atoms with Crippen molar-refractivity contribution in [2.75, 3.05) is 7.11 Å². The Morgan fingerprint density at radius 3 is 2.27 bits per heavy atom. The van der Waals surface area contributed by atoms with Crippen LogP contribution in [0.1, 0.15) is 38.3 Å². The molecule has 0 aromatic heterocycles. The average Bonchev–Trinajstić information content (AvgIpc) is 2.79. The number of benzene rings is 2. The van der Waals surface area contributed by atoms with Crippen LogP contribution < -0.4 is 0 Å². The molecule has 2 heteroatoms. The lowest BCUT2D eigenvalue weighted by molar-refractivity contribution is 0.215. The van der Waals surface area contributed by atoms with Gasteiger partial charge in [-0.25, -0.2) is 0 Å². The smallest absolute Gasteiger partial charge is 0.106 e. The molecule has 2 aromatic rings. The second kappa shape index (κ2) is 5.80. The van der Waals surface area contributed by atoms with Crippen molar-refractivity contribution >= 4 is 22.6 Å². The van der Waals surface area contributed by atoms with E-state index in [0.29, 0.717) is 0 Å². The first-order valence-electron chi connectivity index (χ1n) is 7.58. The van der Waals surface area contributed by atoms with Gasteiger partial charge in [-0.15, -0.1) is 0 Å². The fourth-order valence-corrected chi connectivity index (χ4v) is 3.11. The standard InChI is InChI=1S/C20H21NO/c1-13-9-19(15(3)14(13)2)20-11-17-8-6-5-7-16(17)10-18(20)12-21-22-4/h5-8,10-12H,9H2,1-4H3. The van der Waals surface area contributed by atoms with Crippen LogP contribution in [-0.4, -0.2) is 13.3 Å². The Morgan fingerprint density at radius 1 is 1.00 bits per heavy atom. The summed E-state index contributed by atoms with van der Waals surface area (Å²) >= 11 is 0. The molecule has 112 valence electrons. The molecule has 0 heterocycles. The van der Waals surface area contributed by atoms with E-state index in [1.165, 1.54) is 38.6 Å². The number of fused-ring (bicyclic) bond motifs is 1. The predicted octanol–water partition coefficient (Wildman–Crippen LogP) is 5.33. The topological polar surface area (TPSA) is 21.6 Å². The summed E-state index contributed by atoms with van der Waals surface area (Å²) in [5.74, 6) is 0. The first kappa shape index (κ1) is 14.6. The third kappa shape index (κ3) is 2.45. The van der Waals surface area contributed by atoms with Crippen molar-refractivity contribution in [3.05, 3.63) is 64.2 Å². The lowest BCUT2D eigenvalue weighted by Crippen LogP contribution is -1.95. The molecule has 0 saturated heterocycles. The van der Waals surface area contributed by atoms with Crippen molar-refractivity contribution in [1.29, 1.82) is 0 Å². The molecule has 1 aliphatic rings. The Kier molecular flexibility index (Phi) is 3.84. The van der Waals surface area contributed by atoms with Crippen molar-refractivity contribution in [2.45, 2.75) is 27.2 Å². The Hall–Kier alpha value is -2.35. The quantitative estimate of drug-likeness (QED) is 0.553. The van der Waals surface area contributed by atoms with Crippen LogP contribution in [0.5, 0.6) is 0 Å². The highest BCUT2D eigenvalue weighted by atomic mass is 16.6. The van der Waals surface area contributed by atoms with E-state index >= 15 is 0 Å². The van der Waals surface area contributed by atoms with Crippen LogP contribution in [-0.2, 0) is 4.84 Å². The van der Waals surface area contributed by atoms with Crippen molar-refractivity contribution < 1.29 is 4.84 Å². The molecule has 0 saturated carbocycles. The Labute approximate surface area is 131 Å². The normalized spacial score (nSPS) is 15.5. The predicted molar refractivity (Wildman–Crippen MR) is 94.1 cm³/mol. The number of oxime groups is 1. The van der Waals surface area contributed by atoms with E-state index in [-0.39, 0.29) is 0 Å². The first-order chi connectivity index (χ1) is 10.6. The summed E-state index contributed by atoms with van der Waals surface area (Å²) in [6, 6.07) is 12.9. The summed E-state index contributed by atoms with van der Waals surface area (Å²) in [5, 5.41) is 6.47. The van der Waals surface area contributed by atoms with E-state index in [1.807, 2.05) is 6.21 Å². The van der Waals surface area contributed by atoms with Crippen LogP contribution >= 0.6 is 0 Å². The highest BCUT2D eigenvalue weighted by Gasteiger charge is 2.19. The highest BCUT2D eigenvalue weighted by molar-refractivity contribution is 5.98. The van der Waals surface area contributed by atoms with Crippen LogP contribution in [0.4, 0.5) is 0 Å². The molecule has 0 aliphatic heterocycles. The molecule has 0 N–H and O–H groups in total. The second-order valence-electron chi connectivity index (χ2n) is 5.89. The number of hydrogen-bond donors (Lipinski definition) is 0. The minimum atomic E-state index is 1.02. The molecule has 3 rings (SSSR count). The van der Waals surface area contributed by atoms with Gasteiger partial charge in [0.25, 0.3) is 0 Å². The molecule has 1 aliphatic carbocycles. The van der Waals surface area contributed by atoms with E-state index in [1.54, 1.807) is 7.11 Å². The van der Waals surface area contributed by atoms with Gasteiger partial charge in [0.05, 0.1) is 6.21 Å². The van der Waals surface area contributed by atoms with Gasteiger partial charge in [-0.3, -0.25) is 0 Å². The fraction of sp³-hybridized carbons (Fsp3) is 0.250. The minimum absolute atomic E-state index is 1.02. The van der Waals surface area contributed by atoms with E-state index < -0.39 is 0 Å². The fourth-order valence-electron chi connectivity index (χ4n) is 3.11. The molecule has 0 fully saturated rings. The molecular formula is C20H21NO. The van der Waals surface area contributed by atoms with Crippen molar-refractivity contribution in [3.8, 4) is 0 Å². The molecule has 2 aromatic carbocycles. The van der Waals surface area contributed by atoms with Crippen molar-refractivity contribution in [2.24, 2.45) is 5.16 Å². The lowest BCUT2D eigenvalue weighted by Gasteiger charge is -2.12. The molecule has 0 radical (unpaired) electrons. The van der Waals surface area contributed by atoms with Crippen LogP contribution in [0.25, 0.3) is 16.3 Å². The summed E-state index contributed by atoms with van der Waals surface area (Å²) in [7, 11) is 1.58. The zero-order valence-electron chi connectivity index (χ0n) is 13.6. The Morgan fingerprint density at radius 2 is 1.68 bits per heavy atom. The van der Waals surface area contributed by atoms with E-state index in [2.05, 4.69) is 62.3 Å². The second-order valence-corrected chi connectivity index (χ2v) is 5.89. The zero-order valence-corrected chi connectivity index (χ0v) is 13.6. The number of allylic oxidation sites excluding steroid dienone is 4. The molecule has 22 heavy (non-hydrogen) atoms. The Bertz CT molecular complexity index is 825. The zero-order chi connectivity index (χ0) is 15.7. The maximum absolute atomic E-state index is 4.89. The molecule has 0 unspecified atom stereocenters. The van der Waals surface area contributed by atoms with Gasteiger partial charge in [0.2, 0.25) is 0 Å². The summed E-state index contributed by atoms with van der Waals surface area (Å²) in [6.07, 6.45) is 2.83. The molecular weight excluding hydrogens is 270 g/mol.